The van der Waals surface area contributed by atoms with Gasteiger partial charge in [-0.15, -0.1) is 0 Å². The molecule has 94 valence electrons. The van der Waals surface area contributed by atoms with Crippen LogP contribution in [0.2, 0.25) is 5.15 Å². The molecule has 2 aromatic heterocycles. The summed E-state index contributed by atoms with van der Waals surface area (Å²) >= 11 is 5.71. The Morgan fingerprint density at radius 3 is 2.78 bits per heavy atom. The van der Waals surface area contributed by atoms with Crippen LogP contribution >= 0.6 is 11.6 Å². The summed E-state index contributed by atoms with van der Waals surface area (Å²) in [5.41, 5.74) is 5.50. The predicted octanol–water partition coefficient (Wildman–Crippen LogP) is 1.56. The first-order chi connectivity index (χ1) is 8.74. The van der Waals surface area contributed by atoms with Crippen molar-refractivity contribution in [3.8, 4) is 11.8 Å². The molecule has 2 heterocycles. The highest BCUT2D eigenvalue weighted by atomic mass is 35.5. The molecular weight excluding hydrogens is 256 g/mol. The largest absolute Gasteiger partial charge is 0.488 e. The van der Waals surface area contributed by atoms with E-state index in [2.05, 4.69) is 15.0 Å². The number of anilines is 1. The van der Waals surface area contributed by atoms with Crippen LogP contribution in [0.1, 0.15) is 0 Å². The first-order valence-electron chi connectivity index (χ1n) is 5.20. The molecule has 0 unspecified atom stereocenters. The van der Waals surface area contributed by atoms with Gasteiger partial charge in [-0.05, 0) is 12.1 Å². The molecule has 0 aliphatic heterocycles. The van der Waals surface area contributed by atoms with Gasteiger partial charge in [-0.1, -0.05) is 11.6 Å². The highest BCUT2D eigenvalue weighted by Crippen LogP contribution is 2.13. The van der Waals surface area contributed by atoms with Crippen LogP contribution < -0.4 is 15.2 Å². The Labute approximate surface area is 109 Å². The predicted molar refractivity (Wildman–Crippen MR) is 66.7 cm³/mol. The fourth-order valence-corrected chi connectivity index (χ4v) is 1.39. The maximum atomic E-state index is 5.71. The third-order valence-corrected chi connectivity index (χ3v) is 2.11. The van der Waals surface area contributed by atoms with E-state index < -0.39 is 0 Å². The van der Waals surface area contributed by atoms with E-state index in [0.717, 1.165) is 0 Å². The fraction of sp³-hybridized carbons (Fsp3) is 0.182. The van der Waals surface area contributed by atoms with Crippen LogP contribution in [0.3, 0.4) is 0 Å². The summed E-state index contributed by atoms with van der Waals surface area (Å²) in [4.78, 5) is 11.7. The Morgan fingerprint density at radius 2 is 2.06 bits per heavy atom. The summed E-state index contributed by atoms with van der Waals surface area (Å²) < 4.78 is 10.6. The van der Waals surface area contributed by atoms with Crippen LogP contribution in [0.4, 0.5) is 5.82 Å². The molecular formula is C11H11ClN4O2. The Balaban J connectivity index is 1.78. The number of nitrogens with zero attached hydrogens (tertiary/aromatic N) is 3. The van der Waals surface area contributed by atoms with Crippen LogP contribution in [0.15, 0.2) is 30.6 Å². The molecule has 7 heteroatoms. The highest BCUT2D eigenvalue weighted by Gasteiger charge is 2.02. The van der Waals surface area contributed by atoms with Crippen molar-refractivity contribution in [1.82, 2.24) is 15.0 Å². The summed E-state index contributed by atoms with van der Waals surface area (Å²) in [6.45, 7) is 0.635. The van der Waals surface area contributed by atoms with Gasteiger partial charge in [0.15, 0.2) is 0 Å². The van der Waals surface area contributed by atoms with Gasteiger partial charge in [-0.25, -0.2) is 0 Å². The Bertz CT molecular complexity index is 489. The molecule has 0 aliphatic carbocycles. The smallest absolute Gasteiger partial charge is 0.319 e. The molecule has 0 saturated heterocycles. The van der Waals surface area contributed by atoms with Crippen LogP contribution in [-0.2, 0) is 0 Å². The average Bonchev–Trinajstić information content (AvgIpc) is 2.35. The van der Waals surface area contributed by atoms with Crippen LogP contribution in [-0.4, -0.2) is 28.2 Å². The van der Waals surface area contributed by atoms with E-state index in [1.165, 1.54) is 6.07 Å². The van der Waals surface area contributed by atoms with Gasteiger partial charge in [0.2, 0.25) is 0 Å². The van der Waals surface area contributed by atoms with Gasteiger partial charge in [0.25, 0.3) is 0 Å². The molecule has 0 spiro atoms. The van der Waals surface area contributed by atoms with Gasteiger partial charge in [-0.3, -0.25) is 4.98 Å². The van der Waals surface area contributed by atoms with Gasteiger partial charge in [0, 0.05) is 12.3 Å². The molecule has 0 amide bonds. The second-order valence-corrected chi connectivity index (χ2v) is 3.67. The Kier molecular flexibility index (Phi) is 4.14. The Morgan fingerprint density at radius 1 is 1.22 bits per heavy atom. The molecule has 2 rings (SSSR count). The van der Waals surface area contributed by atoms with Crippen molar-refractivity contribution in [2.75, 3.05) is 18.9 Å². The minimum atomic E-state index is 0.134. The van der Waals surface area contributed by atoms with Crippen LogP contribution in [0.5, 0.6) is 11.8 Å². The minimum absolute atomic E-state index is 0.134. The molecule has 0 radical (unpaired) electrons. The number of pyridine rings is 1. The van der Waals surface area contributed by atoms with Crippen molar-refractivity contribution in [2.24, 2.45) is 0 Å². The van der Waals surface area contributed by atoms with Gasteiger partial charge in [-0.2, -0.15) is 9.97 Å². The Hall–Kier alpha value is -2.08. The molecule has 2 aromatic rings. The molecule has 0 aromatic carbocycles. The zero-order valence-electron chi connectivity index (χ0n) is 9.41. The molecule has 0 bridgehead atoms. The van der Waals surface area contributed by atoms with E-state index in [0.29, 0.717) is 12.4 Å². The van der Waals surface area contributed by atoms with Gasteiger partial charge >= 0.3 is 6.01 Å². The molecule has 0 saturated carbocycles. The summed E-state index contributed by atoms with van der Waals surface area (Å²) in [7, 11) is 0. The second kappa shape index (κ2) is 6.02. The molecule has 0 fully saturated rings. The first kappa shape index (κ1) is 12.4. The van der Waals surface area contributed by atoms with E-state index >= 15 is 0 Å². The quantitative estimate of drug-likeness (QED) is 0.653. The lowest BCUT2D eigenvalue weighted by molar-refractivity contribution is 0.206. The lowest BCUT2D eigenvalue weighted by atomic mass is 10.5. The zero-order chi connectivity index (χ0) is 12.8. The maximum absolute atomic E-state index is 5.71. The van der Waals surface area contributed by atoms with Crippen LogP contribution in [0, 0.1) is 0 Å². The van der Waals surface area contributed by atoms with Crippen LogP contribution in [0.25, 0.3) is 0 Å². The highest BCUT2D eigenvalue weighted by molar-refractivity contribution is 6.29. The van der Waals surface area contributed by atoms with Crippen molar-refractivity contribution in [1.29, 1.82) is 0 Å². The number of nitrogen functional groups attached to an aromatic ring is 1. The summed E-state index contributed by atoms with van der Waals surface area (Å²) in [5.74, 6) is 0.936. The number of halogens is 1. The first-order valence-corrected chi connectivity index (χ1v) is 5.57. The number of nitrogens with two attached hydrogens (primary N) is 1. The van der Waals surface area contributed by atoms with Gasteiger partial charge < -0.3 is 15.2 Å². The topological polar surface area (TPSA) is 83.2 Å². The maximum Gasteiger partial charge on any atom is 0.319 e. The minimum Gasteiger partial charge on any atom is -0.488 e. The molecule has 6 nitrogen and oxygen atoms in total. The normalized spacial score (nSPS) is 10.1. The van der Waals surface area contributed by atoms with E-state index in [1.807, 2.05) is 0 Å². The SMILES string of the molecule is Nc1cc(Cl)nc(OCCOc2cccnc2)n1. The third kappa shape index (κ3) is 3.74. The van der Waals surface area contributed by atoms with E-state index in [-0.39, 0.29) is 23.6 Å². The van der Waals surface area contributed by atoms with Crippen molar-refractivity contribution in [2.45, 2.75) is 0 Å². The van der Waals surface area contributed by atoms with E-state index in [4.69, 9.17) is 26.8 Å². The fourth-order valence-electron chi connectivity index (χ4n) is 1.20. The van der Waals surface area contributed by atoms with Crippen molar-refractivity contribution < 1.29 is 9.47 Å². The number of aromatic nitrogens is 3. The number of hydrogen-bond acceptors (Lipinski definition) is 6. The number of rotatable bonds is 5. The van der Waals surface area contributed by atoms with Crippen molar-refractivity contribution >= 4 is 17.4 Å². The second-order valence-electron chi connectivity index (χ2n) is 3.28. The van der Waals surface area contributed by atoms with E-state index in [1.54, 1.807) is 24.5 Å². The summed E-state index contributed by atoms with van der Waals surface area (Å²) in [6.07, 6.45) is 3.29. The molecule has 0 aliphatic rings. The standard InChI is InChI=1S/C11H11ClN4O2/c12-9-6-10(13)16-11(15-9)18-5-4-17-8-2-1-3-14-7-8/h1-3,6-7H,4-5H2,(H2,13,15,16). The van der Waals surface area contributed by atoms with Gasteiger partial charge in [0.05, 0.1) is 6.20 Å². The third-order valence-electron chi connectivity index (χ3n) is 1.91. The monoisotopic (exact) mass is 266 g/mol. The molecule has 18 heavy (non-hydrogen) atoms. The average molecular weight is 267 g/mol. The lowest BCUT2D eigenvalue weighted by Gasteiger charge is -2.07. The summed E-state index contributed by atoms with van der Waals surface area (Å²) in [5, 5.41) is 0.241. The van der Waals surface area contributed by atoms with Crippen molar-refractivity contribution in [3.63, 3.8) is 0 Å². The summed E-state index contributed by atoms with van der Waals surface area (Å²) in [6, 6.07) is 5.17. The lowest BCUT2D eigenvalue weighted by Crippen LogP contribution is -2.11. The number of hydrogen-bond donors (Lipinski definition) is 1. The zero-order valence-corrected chi connectivity index (χ0v) is 10.2. The molecule has 0 atom stereocenters. The number of ether oxygens (including phenoxy) is 2. The van der Waals surface area contributed by atoms with Gasteiger partial charge in [0.1, 0.15) is 29.9 Å². The molecule has 2 N–H and O–H groups in total. The van der Waals surface area contributed by atoms with Crippen molar-refractivity contribution in [3.05, 3.63) is 35.7 Å². The van der Waals surface area contributed by atoms with E-state index in [9.17, 15) is 0 Å².